The largest absolute Gasteiger partial charge is 0.399 e. The minimum absolute atomic E-state index is 0.491. The van der Waals surface area contributed by atoms with Crippen LogP contribution in [0.25, 0.3) is 16.7 Å². The van der Waals surface area contributed by atoms with E-state index < -0.39 is 0 Å². The summed E-state index contributed by atoms with van der Waals surface area (Å²) in [4.78, 5) is 11.8. The van der Waals surface area contributed by atoms with Crippen LogP contribution in [0.15, 0.2) is 60.9 Å². The van der Waals surface area contributed by atoms with E-state index in [4.69, 9.17) is 10.7 Å². The van der Waals surface area contributed by atoms with Crippen LogP contribution >= 0.6 is 0 Å². The Labute approximate surface area is 180 Å². The van der Waals surface area contributed by atoms with Crippen molar-refractivity contribution in [1.29, 1.82) is 0 Å². The molecule has 4 heterocycles. The molecule has 7 nitrogen and oxygen atoms in total. The van der Waals surface area contributed by atoms with Crippen LogP contribution in [-0.4, -0.2) is 39.4 Å². The number of nitrogens with one attached hydrogen (secondary N) is 1. The molecule has 3 N–H and O–H groups in total. The van der Waals surface area contributed by atoms with E-state index in [1.54, 1.807) is 0 Å². The predicted molar refractivity (Wildman–Crippen MR) is 123 cm³/mol. The van der Waals surface area contributed by atoms with Crippen molar-refractivity contribution in [1.82, 2.24) is 25.1 Å². The van der Waals surface area contributed by atoms with Crippen LogP contribution in [0.2, 0.25) is 0 Å². The molecule has 2 aliphatic rings. The van der Waals surface area contributed by atoms with Crippen molar-refractivity contribution < 1.29 is 0 Å². The highest BCUT2D eigenvalue weighted by atomic mass is 15.3. The zero-order valence-corrected chi connectivity index (χ0v) is 17.3. The Bertz CT molecular complexity index is 1240. The molecule has 2 atom stereocenters. The fraction of sp³-hybridized carbons (Fsp3) is 0.292. The van der Waals surface area contributed by atoms with E-state index >= 15 is 0 Å². The molecule has 2 aromatic carbocycles. The lowest BCUT2D eigenvalue weighted by Gasteiger charge is -2.28. The van der Waals surface area contributed by atoms with Gasteiger partial charge < -0.3 is 16.0 Å². The molecule has 1 saturated heterocycles. The molecule has 0 amide bonds. The quantitative estimate of drug-likeness (QED) is 0.501. The summed E-state index contributed by atoms with van der Waals surface area (Å²) in [6, 6.07) is 16.4. The molecule has 2 unspecified atom stereocenters. The maximum atomic E-state index is 5.92. The second kappa shape index (κ2) is 7.35. The monoisotopic (exact) mass is 411 g/mol. The third kappa shape index (κ3) is 3.13. The van der Waals surface area contributed by atoms with Crippen molar-refractivity contribution in [3.8, 4) is 5.82 Å². The number of hydrogen-bond donors (Lipinski definition) is 2. The van der Waals surface area contributed by atoms with Crippen LogP contribution in [0.5, 0.6) is 0 Å². The lowest BCUT2D eigenvalue weighted by Crippen LogP contribution is -2.34. The number of nitrogens with zero attached hydrogens (tertiary/aromatic N) is 5. The number of hydrogen-bond acceptors (Lipinski definition) is 6. The summed E-state index contributed by atoms with van der Waals surface area (Å²) >= 11 is 0. The zero-order chi connectivity index (χ0) is 20.8. The first-order valence-electron chi connectivity index (χ1n) is 10.9. The Morgan fingerprint density at radius 1 is 1.10 bits per heavy atom. The maximum absolute atomic E-state index is 5.92. The minimum atomic E-state index is 0.491. The number of nitrogen functional groups attached to an aromatic ring is 1. The normalized spacial score (nSPS) is 20.8. The van der Waals surface area contributed by atoms with Gasteiger partial charge >= 0.3 is 0 Å². The van der Waals surface area contributed by atoms with Gasteiger partial charge in [0.2, 0.25) is 5.95 Å². The van der Waals surface area contributed by atoms with E-state index in [2.05, 4.69) is 44.6 Å². The third-order valence-corrected chi connectivity index (χ3v) is 6.59. The van der Waals surface area contributed by atoms with Crippen LogP contribution in [0, 0.1) is 5.92 Å². The SMILES string of the molecule is Nc1ccc2c(cnn2-c2ccnc(N3CC(C4CCCNC4)c4ccccc43)n2)c1. The average Bonchev–Trinajstić information content (AvgIpc) is 3.41. The van der Waals surface area contributed by atoms with Gasteiger partial charge in [-0.3, -0.25) is 0 Å². The highest BCUT2D eigenvalue weighted by Crippen LogP contribution is 2.44. The lowest BCUT2D eigenvalue weighted by atomic mass is 9.83. The molecule has 7 heteroatoms. The van der Waals surface area contributed by atoms with E-state index in [1.165, 1.54) is 24.1 Å². The molecular weight excluding hydrogens is 386 g/mol. The van der Waals surface area contributed by atoms with Gasteiger partial charge in [-0.2, -0.15) is 10.1 Å². The standard InChI is InChI=1S/C24H25N7/c25-18-7-8-21-17(12-18)14-28-31(21)23-9-11-27-24(29-23)30-15-20(16-4-3-10-26-13-16)19-5-1-2-6-22(19)30/h1-2,5-9,11-12,14,16,20,26H,3-4,10,13,15,25H2. The Kier molecular flexibility index (Phi) is 4.35. The molecule has 6 rings (SSSR count). The molecule has 0 bridgehead atoms. The molecule has 0 aliphatic carbocycles. The van der Waals surface area contributed by atoms with Crippen molar-refractivity contribution in [3.63, 3.8) is 0 Å². The predicted octanol–water partition coefficient (Wildman–Crippen LogP) is 3.63. The summed E-state index contributed by atoms with van der Waals surface area (Å²) in [5.41, 5.74) is 10.3. The van der Waals surface area contributed by atoms with Crippen LogP contribution in [0.4, 0.5) is 17.3 Å². The number of aromatic nitrogens is 4. The molecule has 2 aliphatic heterocycles. The minimum Gasteiger partial charge on any atom is -0.399 e. The van der Waals surface area contributed by atoms with Crippen molar-refractivity contribution >= 4 is 28.2 Å². The molecule has 0 saturated carbocycles. The summed E-state index contributed by atoms with van der Waals surface area (Å²) in [7, 11) is 0. The third-order valence-electron chi connectivity index (χ3n) is 6.59. The number of benzene rings is 2. The fourth-order valence-electron chi connectivity index (χ4n) is 5.08. The second-order valence-electron chi connectivity index (χ2n) is 8.47. The second-order valence-corrected chi connectivity index (χ2v) is 8.47. The van der Waals surface area contributed by atoms with Gasteiger partial charge in [-0.1, -0.05) is 18.2 Å². The number of piperidine rings is 1. The lowest BCUT2D eigenvalue weighted by molar-refractivity contribution is 0.331. The summed E-state index contributed by atoms with van der Waals surface area (Å²) in [5.74, 6) is 2.61. The van der Waals surface area contributed by atoms with E-state index in [0.29, 0.717) is 11.8 Å². The Balaban J connectivity index is 1.38. The smallest absolute Gasteiger partial charge is 0.231 e. The number of nitrogens with two attached hydrogens (primary N) is 1. The maximum Gasteiger partial charge on any atom is 0.231 e. The summed E-state index contributed by atoms with van der Waals surface area (Å²) in [6.07, 6.45) is 6.15. The molecule has 0 spiro atoms. The van der Waals surface area contributed by atoms with Gasteiger partial charge in [-0.15, -0.1) is 0 Å². The molecule has 4 aromatic rings. The summed E-state index contributed by atoms with van der Waals surface area (Å²) in [5, 5.41) is 9.12. The molecule has 1 fully saturated rings. The van der Waals surface area contributed by atoms with Gasteiger partial charge in [0.15, 0.2) is 5.82 Å². The highest BCUT2D eigenvalue weighted by molar-refractivity contribution is 5.83. The van der Waals surface area contributed by atoms with Crippen molar-refractivity contribution in [2.45, 2.75) is 18.8 Å². The molecule has 0 radical (unpaired) electrons. The highest BCUT2D eigenvalue weighted by Gasteiger charge is 2.36. The fourth-order valence-corrected chi connectivity index (χ4v) is 5.08. The Morgan fingerprint density at radius 3 is 2.94 bits per heavy atom. The van der Waals surface area contributed by atoms with Crippen LogP contribution in [-0.2, 0) is 0 Å². The topological polar surface area (TPSA) is 84.9 Å². The first-order valence-corrected chi connectivity index (χ1v) is 10.9. The molecule has 156 valence electrons. The van der Waals surface area contributed by atoms with Gasteiger partial charge in [0, 0.05) is 41.5 Å². The van der Waals surface area contributed by atoms with Gasteiger partial charge in [-0.05, 0) is 61.7 Å². The number of fused-ring (bicyclic) bond motifs is 2. The van der Waals surface area contributed by atoms with Crippen LogP contribution in [0.3, 0.4) is 0 Å². The molecule has 31 heavy (non-hydrogen) atoms. The van der Waals surface area contributed by atoms with E-state index in [1.807, 2.05) is 41.3 Å². The van der Waals surface area contributed by atoms with E-state index in [-0.39, 0.29) is 0 Å². The van der Waals surface area contributed by atoms with Crippen molar-refractivity contribution in [3.05, 3.63) is 66.5 Å². The van der Waals surface area contributed by atoms with Gasteiger partial charge in [0.1, 0.15) is 0 Å². The van der Waals surface area contributed by atoms with Crippen molar-refractivity contribution in [2.24, 2.45) is 5.92 Å². The van der Waals surface area contributed by atoms with Gasteiger partial charge in [0.05, 0.1) is 11.7 Å². The van der Waals surface area contributed by atoms with Gasteiger partial charge in [-0.25, -0.2) is 9.67 Å². The van der Waals surface area contributed by atoms with E-state index in [0.717, 1.165) is 48.0 Å². The number of para-hydroxylation sites is 1. The number of anilines is 3. The first kappa shape index (κ1) is 18.3. The zero-order valence-electron chi connectivity index (χ0n) is 17.3. The van der Waals surface area contributed by atoms with E-state index in [9.17, 15) is 0 Å². The molecular formula is C24H25N7. The van der Waals surface area contributed by atoms with Crippen LogP contribution in [0.1, 0.15) is 24.3 Å². The Morgan fingerprint density at radius 2 is 2.03 bits per heavy atom. The van der Waals surface area contributed by atoms with Crippen LogP contribution < -0.4 is 16.0 Å². The molecule has 2 aromatic heterocycles. The average molecular weight is 412 g/mol. The first-order chi connectivity index (χ1) is 15.3. The Hall–Kier alpha value is -3.45. The summed E-state index contributed by atoms with van der Waals surface area (Å²) < 4.78 is 1.85. The number of rotatable bonds is 3. The van der Waals surface area contributed by atoms with Crippen molar-refractivity contribution in [2.75, 3.05) is 30.3 Å². The summed E-state index contributed by atoms with van der Waals surface area (Å²) in [6.45, 7) is 3.12. The van der Waals surface area contributed by atoms with Gasteiger partial charge in [0.25, 0.3) is 0 Å².